The minimum atomic E-state index is -0.324. The Labute approximate surface area is 170 Å². The lowest BCUT2D eigenvalue weighted by Gasteiger charge is -1.99. The van der Waals surface area contributed by atoms with Crippen LogP contribution in [0.5, 0.6) is 0 Å². The molecule has 1 N–H and O–H groups in total. The maximum absolute atomic E-state index is 13.0. The topological polar surface area (TPSA) is 80.9 Å². The fourth-order valence-corrected chi connectivity index (χ4v) is 3.42. The van der Waals surface area contributed by atoms with Gasteiger partial charge < -0.3 is 9.73 Å². The molecule has 2 heterocycles. The second-order valence-electron chi connectivity index (χ2n) is 6.37. The zero-order chi connectivity index (χ0) is 20.2. The Hall–Kier alpha value is -3.39. The highest BCUT2D eigenvalue weighted by Gasteiger charge is 2.14. The molecule has 0 atom stereocenters. The standard InChI is InChI=1S/C21H17FN4O2S/c1-13-19(14-5-3-2-4-6-14)28-18(23-13)12-11-17(27)24-21-25-20(26-29-21)15-7-9-16(22)10-8-15/h2-10H,11-12H2,1H3,(H,24,25,26,27). The summed E-state index contributed by atoms with van der Waals surface area (Å²) in [4.78, 5) is 20.9. The molecular weight excluding hydrogens is 391 g/mol. The second-order valence-corrected chi connectivity index (χ2v) is 7.12. The van der Waals surface area contributed by atoms with Crippen molar-refractivity contribution in [3.8, 4) is 22.7 Å². The lowest BCUT2D eigenvalue weighted by molar-refractivity contribution is -0.116. The van der Waals surface area contributed by atoms with Gasteiger partial charge in [-0.3, -0.25) is 4.79 Å². The summed E-state index contributed by atoms with van der Waals surface area (Å²) in [6.45, 7) is 1.88. The highest BCUT2D eigenvalue weighted by atomic mass is 32.1. The third kappa shape index (κ3) is 4.55. The predicted molar refractivity (Wildman–Crippen MR) is 109 cm³/mol. The summed E-state index contributed by atoms with van der Waals surface area (Å²) < 4.78 is 23.0. The Kier molecular flexibility index (Phi) is 5.44. The van der Waals surface area contributed by atoms with Gasteiger partial charge in [-0.05, 0) is 31.2 Å². The number of nitrogens with one attached hydrogen (secondary N) is 1. The molecule has 0 radical (unpaired) electrons. The minimum Gasteiger partial charge on any atom is -0.440 e. The van der Waals surface area contributed by atoms with Crippen LogP contribution in [0.2, 0.25) is 0 Å². The summed E-state index contributed by atoms with van der Waals surface area (Å²) in [5.41, 5.74) is 2.43. The molecule has 2 aromatic carbocycles. The molecule has 146 valence electrons. The predicted octanol–water partition coefficient (Wildman–Crippen LogP) is 4.88. The van der Waals surface area contributed by atoms with Crippen molar-refractivity contribution in [1.82, 2.24) is 14.3 Å². The SMILES string of the molecule is Cc1nc(CCC(=O)Nc2nc(-c3ccc(F)cc3)ns2)oc1-c1ccccc1. The van der Waals surface area contributed by atoms with E-state index in [0.29, 0.717) is 34.6 Å². The van der Waals surface area contributed by atoms with Crippen molar-refractivity contribution in [3.05, 3.63) is 72.0 Å². The number of rotatable bonds is 6. The summed E-state index contributed by atoms with van der Waals surface area (Å²) in [5.74, 6) is 1.15. The Morgan fingerprint density at radius 2 is 1.83 bits per heavy atom. The maximum Gasteiger partial charge on any atom is 0.226 e. The number of oxazole rings is 1. The Balaban J connectivity index is 1.36. The van der Waals surface area contributed by atoms with E-state index in [0.717, 1.165) is 22.8 Å². The van der Waals surface area contributed by atoms with Crippen molar-refractivity contribution in [3.63, 3.8) is 0 Å². The number of anilines is 1. The molecule has 4 rings (SSSR count). The molecule has 0 fully saturated rings. The number of aryl methyl sites for hydroxylation is 2. The van der Waals surface area contributed by atoms with Gasteiger partial charge in [0.25, 0.3) is 0 Å². The van der Waals surface area contributed by atoms with E-state index in [2.05, 4.69) is 19.7 Å². The Morgan fingerprint density at radius 3 is 2.59 bits per heavy atom. The van der Waals surface area contributed by atoms with E-state index in [-0.39, 0.29) is 18.1 Å². The number of carbonyl (C=O) groups excluding carboxylic acids is 1. The van der Waals surface area contributed by atoms with Gasteiger partial charge in [-0.15, -0.1) is 0 Å². The van der Waals surface area contributed by atoms with Crippen LogP contribution in [0.3, 0.4) is 0 Å². The number of hydrogen-bond acceptors (Lipinski definition) is 6. The molecule has 0 unspecified atom stereocenters. The van der Waals surface area contributed by atoms with Gasteiger partial charge in [-0.25, -0.2) is 9.37 Å². The third-order valence-electron chi connectivity index (χ3n) is 4.22. The van der Waals surface area contributed by atoms with Crippen LogP contribution >= 0.6 is 11.5 Å². The van der Waals surface area contributed by atoms with Crippen molar-refractivity contribution in [2.24, 2.45) is 0 Å². The van der Waals surface area contributed by atoms with Gasteiger partial charge in [0.05, 0.1) is 5.69 Å². The first-order valence-electron chi connectivity index (χ1n) is 9.00. The number of hydrogen-bond donors (Lipinski definition) is 1. The van der Waals surface area contributed by atoms with Crippen LogP contribution in [0, 0.1) is 12.7 Å². The molecule has 0 bridgehead atoms. The summed E-state index contributed by atoms with van der Waals surface area (Å²) in [7, 11) is 0. The summed E-state index contributed by atoms with van der Waals surface area (Å²) in [5, 5.41) is 3.12. The van der Waals surface area contributed by atoms with Gasteiger partial charge in [0, 0.05) is 35.5 Å². The molecule has 0 spiro atoms. The molecule has 0 aliphatic rings. The normalized spacial score (nSPS) is 10.8. The Bertz CT molecular complexity index is 1120. The molecule has 0 saturated carbocycles. The van der Waals surface area contributed by atoms with Crippen molar-refractivity contribution < 1.29 is 13.6 Å². The lowest BCUT2D eigenvalue weighted by atomic mass is 10.1. The van der Waals surface area contributed by atoms with E-state index in [4.69, 9.17) is 4.42 Å². The smallest absolute Gasteiger partial charge is 0.226 e. The number of amides is 1. The van der Waals surface area contributed by atoms with Gasteiger partial charge >= 0.3 is 0 Å². The van der Waals surface area contributed by atoms with Gasteiger partial charge in [0.2, 0.25) is 11.0 Å². The van der Waals surface area contributed by atoms with Crippen LogP contribution in [0.1, 0.15) is 18.0 Å². The van der Waals surface area contributed by atoms with Crippen molar-refractivity contribution >= 4 is 22.6 Å². The van der Waals surface area contributed by atoms with Crippen LogP contribution in [0.25, 0.3) is 22.7 Å². The van der Waals surface area contributed by atoms with E-state index >= 15 is 0 Å². The Morgan fingerprint density at radius 1 is 1.07 bits per heavy atom. The molecule has 1 amide bonds. The average molecular weight is 408 g/mol. The maximum atomic E-state index is 13.0. The minimum absolute atomic E-state index is 0.205. The number of benzene rings is 2. The van der Waals surface area contributed by atoms with E-state index in [1.165, 1.54) is 12.1 Å². The first kappa shape index (κ1) is 18.9. The number of nitrogens with zero attached hydrogens (tertiary/aromatic N) is 3. The molecule has 0 aliphatic heterocycles. The highest BCUT2D eigenvalue weighted by molar-refractivity contribution is 7.10. The zero-order valence-electron chi connectivity index (χ0n) is 15.6. The monoisotopic (exact) mass is 408 g/mol. The molecule has 0 aliphatic carbocycles. The lowest BCUT2D eigenvalue weighted by Crippen LogP contribution is -2.12. The fraction of sp³-hybridized carbons (Fsp3) is 0.143. The summed E-state index contributed by atoms with van der Waals surface area (Å²) in [6, 6.07) is 15.6. The van der Waals surface area contributed by atoms with Gasteiger partial charge in [0.15, 0.2) is 17.5 Å². The summed E-state index contributed by atoms with van der Waals surface area (Å²) >= 11 is 1.08. The number of carbonyl (C=O) groups is 1. The third-order valence-corrected chi connectivity index (χ3v) is 4.85. The fourth-order valence-electron chi connectivity index (χ4n) is 2.81. The van der Waals surface area contributed by atoms with Crippen molar-refractivity contribution in [2.45, 2.75) is 19.8 Å². The van der Waals surface area contributed by atoms with Crippen LogP contribution in [0.4, 0.5) is 9.52 Å². The van der Waals surface area contributed by atoms with Gasteiger partial charge in [-0.1, -0.05) is 30.3 Å². The molecule has 2 aromatic heterocycles. The van der Waals surface area contributed by atoms with Crippen molar-refractivity contribution in [2.75, 3.05) is 5.32 Å². The largest absolute Gasteiger partial charge is 0.440 e. The van der Waals surface area contributed by atoms with E-state index in [9.17, 15) is 9.18 Å². The molecule has 4 aromatic rings. The van der Waals surface area contributed by atoms with E-state index in [1.54, 1.807) is 12.1 Å². The molecule has 6 nitrogen and oxygen atoms in total. The van der Waals surface area contributed by atoms with E-state index in [1.807, 2.05) is 37.3 Å². The van der Waals surface area contributed by atoms with Crippen LogP contribution < -0.4 is 5.32 Å². The summed E-state index contributed by atoms with van der Waals surface area (Å²) in [6.07, 6.45) is 0.586. The second kappa shape index (κ2) is 8.32. The van der Waals surface area contributed by atoms with Gasteiger partial charge in [-0.2, -0.15) is 9.36 Å². The van der Waals surface area contributed by atoms with Crippen LogP contribution in [-0.2, 0) is 11.2 Å². The van der Waals surface area contributed by atoms with E-state index < -0.39 is 0 Å². The molecular formula is C21H17FN4O2S. The highest BCUT2D eigenvalue weighted by Crippen LogP contribution is 2.25. The quantitative estimate of drug-likeness (QED) is 0.492. The molecule has 0 saturated heterocycles. The molecule has 29 heavy (non-hydrogen) atoms. The average Bonchev–Trinajstić information content (AvgIpc) is 3.34. The van der Waals surface area contributed by atoms with Crippen LogP contribution in [0.15, 0.2) is 59.0 Å². The number of aromatic nitrogens is 3. The van der Waals surface area contributed by atoms with Crippen LogP contribution in [-0.4, -0.2) is 20.2 Å². The van der Waals surface area contributed by atoms with Crippen molar-refractivity contribution in [1.29, 1.82) is 0 Å². The van der Waals surface area contributed by atoms with Gasteiger partial charge in [0.1, 0.15) is 5.82 Å². The first-order valence-corrected chi connectivity index (χ1v) is 9.77. The first-order chi connectivity index (χ1) is 14.1. The number of halogens is 1. The molecule has 8 heteroatoms. The zero-order valence-corrected chi connectivity index (χ0v) is 16.4.